The van der Waals surface area contributed by atoms with Crippen LogP contribution in [-0.4, -0.2) is 52.8 Å². The van der Waals surface area contributed by atoms with E-state index in [2.05, 4.69) is 15.2 Å². The number of halogens is 1. The van der Waals surface area contributed by atoms with Gasteiger partial charge in [-0.3, -0.25) is 19.1 Å². The number of ketones is 1. The number of nitrogens with zero attached hydrogens (tertiary/aromatic N) is 2. The molecule has 8 heteroatoms. The number of hydrogen-bond donors (Lipinski definition) is 2. The smallest absolute Gasteiger partial charge is 0.326 e. The van der Waals surface area contributed by atoms with E-state index in [9.17, 15) is 14.4 Å². The molecule has 30 heavy (non-hydrogen) atoms. The zero-order valence-corrected chi connectivity index (χ0v) is 17.4. The van der Waals surface area contributed by atoms with E-state index >= 15 is 0 Å². The molecule has 1 aliphatic heterocycles. The predicted molar refractivity (Wildman–Crippen MR) is 116 cm³/mol. The Morgan fingerprint density at radius 1 is 1.10 bits per heavy atom. The molecular weight excluding hydrogens is 404 g/mol. The zero-order chi connectivity index (χ0) is 21.3. The molecule has 2 N–H and O–H groups in total. The second-order valence-electron chi connectivity index (χ2n) is 7.55. The van der Waals surface area contributed by atoms with E-state index in [4.69, 9.17) is 11.6 Å². The van der Waals surface area contributed by atoms with Crippen LogP contribution >= 0.6 is 11.6 Å². The molecule has 0 atom stereocenters. The number of carbonyl (C=O) groups excluding carboxylic acids is 2. The van der Waals surface area contributed by atoms with Gasteiger partial charge in [0.05, 0.1) is 17.6 Å². The second-order valence-corrected chi connectivity index (χ2v) is 7.99. The van der Waals surface area contributed by atoms with Gasteiger partial charge in [-0.1, -0.05) is 11.6 Å². The molecule has 1 amide bonds. The third-order valence-corrected chi connectivity index (χ3v) is 5.91. The molecule has 0 spiro atoms. The van der Waals surface area contributed by atoms with Crippen LogP contribution in [0.15, 0.2) is 47.3 Å². The Kier molecular flexibility index (Phi) is 5.74. The van der Waals surface area contributed by atoms with Crippen molar-refractivity contribution in [3.8, 4) is 0 Å². The van der Waals surface area contributed by atoms with Crippen molar-refractivity contribution in [1.82, 2.24) is 19.8 Å². The van der Waals surface area contributed by atoms with E-state index in [1.54, 1.807) is 48.0 Å². The van der Waals surface area contributed by atoms with Gasteiger partial charge in [-0.2, -0.15) is 0 Å². The van der Waals surface area contributed by atoms with E-state index in [0.29, 0.717) is 28.2 Å². The Bertz CT molecular complexity index is 1140. The lowest BCUT2D eigenvalue weighted by atomic mass is 10.0. The van der Waals surface area contributed by atoms with E-state index in [1.807, 2.05) is 6.07 Å². The van der Waals surface area contributed by atoms with Crippen molar-refractivity contribution < 1.29 is 9.59 Å². The molecule has 0 saturated carbocycles. The Morgan fingerprint density at radius 3 is 2.43 bits per heavy atom. The highest BCUT2D eigenvalue weighted by atomic mass is 35.5. The summed E-state index contributed by atoms with van der Waals surface area (Å²) in [6.07, 6.45) is 1.55. The minimum Gasteiger partial charge on any atom is -0.355 e. The lowest BCUT2D eigenvalue weighted by molar-refractivity contribution is 0.0897. The number of aromatic nitrogens is 2. The molecule has 0 aliphatic carbocycles. The topological polar surface area (TPSA) is 87.2 Å². The summed E-state index contributed by atoms with van der Waals surface area (Å²) in [5, 5.41) is 3.20. The summed E-state index contributed by atoms with van der Waals surface area (Å²) in [6.45, 7) is 1.82. The Hall–Kier alpha value is -2.90. The maximum absolute atomic E-state index is 12.6. The molecule has 1 saturated heterocycles. The lowest BCUT2D eigenvalue weighted by Crippen LogP contribution is -2.39. The summed E-state index contributed by atoms with van der Waals surface area (Å²) >= 11 is 5.89. The van der Waals surface area contributed by atoms with Gasteiger partial charge in [0, 0.05) is 42.3 Å². The van der Waals surface area contributed by atoms with Gasteiger partial charge in [0.1, 0.15) is 0 Å². The fraction of sp³-hybridized carbons (Fsp3) is 0.318. The minimum atomic E-state index is -0.191. The largest absolute Gasteiger partial charge is 0.355 e. The van der Waals surface area contributed by atoms with Crippen LogP contribution in [-0.2, 0) is 0 Å². The van der Waals surface area contributed by atoms with Gasteiger partial charge in [-0.05, 0) is 55.3 Å². The number of hydrogen-bond acceptors (Lipinski definition) is 4. The summed E-state index contributed by atoms with van der Waals surface area (Å²) in [5.41, 5.74) is 2.44. The third-order valence-electron chi connectivity index (χ3n) is 5.66. The minimum absolute atomic E-state index is 0.0546. The lowest BCUT2D eigenvalue weighted by Gasteiger charge is -2.32. The van der Waals surface area contributed by atoms with Gasteiger partial charge >= 0.3 is 5.69 Å². The van der Waals surface area contributed by atoms with Crippen molar-refractivity contribution in [2.75, 3.05) is 26.7 Å². The molecule has 0 radical (unpaired) electrons. The van der Waals surface area contributed by atoms with E-state index in [-0.39, 0.29) is 23.4 Å². The first-order valence-corrected chi connectivity index (χ1v) is 10.3. The highest BCUT2D eigenvalue weighted by molar-refractivity contribution is 6.30. The predicted octanol–water partition coefficient (Wildman–Crippen LogP) is 2.86. The summed E-state index contributed by atoms with van der Waals surface area (Å²) in [7, 11) is 1.58. The van der Waals surface area contributed by atoms with E-state index in [0.717, 1.165) is 31.4 Å². The van der Waals surface area contributed by atoms with Gasteiger partial charge in [0.15, 0.2) is 5.78 Å². The Labute approximate surface area is 178 Å². The maximum Gasteiger partial charge on any atom is 0.326 e. The second kappa shape index (κ2) is 8.45. The van der Waals surface area contributed by atoms with Gasteiger partial charge < -0.3 is 10.3 Å². The Morgan fingerprint density at radius 2 is 1.77 bits per heavy atom. The van der Waals surface area contributed by atoms with Crippen LogP contribution in [0.5, 0.6) is 0 Å². The number of fused-ring (bicyclic) bond motifs is 1. The number of nitrogens with one attached hydrogen (secondary N) is 2. The van der Waals surface area contributed by atoms with E-state index in [1.165, 1.54) is 0 Å². The molecule has 7 nitrogen and oxygen atoms in total. The van der Waals surface area contributed by atoms with Crippen LogP contribution in [0.1, 0.15) is 39.6 Å². The molecule has 4 rings (SSSR count). The monoisotopic (exact) mass is 426 g/mol. The van der Waals surface area contributed by atoms with Crippen LogP contribution in [0.3, 0.4) is 0 Å². The zero-order valence-electron chi connectivity index (χ0n) is 16.7. The molecule has 0 bridgehead atoms. The molecular formula is C22H23ClN4O3. The quantitative estimate of drug-likeness (QED) is 0.614. The van der Waals surface area contributed by atoms with E-state index < -0.39 is 0 Å². The molecule has 156 valence electrons. The summed E-state index contributed by atoms with van der Waals surface area (Å²) in [6, 6.07) is 12.2. The number of carbonyl (C=O) groups is 2. The molecule has 1 fully saturated rings. The van der Waals surface area contributed by atoms with Crippen molar-refractivity contribution >= 4 is 34.3 Å². The molecule has 1 aromatic heterocycles. The summed E-state index contributed by atoms with van der Waals surface area (Å²) in [5.74, 6) is -0.125. The van der Waals surface area contributed by atoms with Crippen molar-refractivity contribution in [2.24, 2.45) is 0 Å². The van der Waals surface area contributed by atoms with Crippen LogP contribution in [0.4, 0.5) is 0 Å². The highest BCUT2D eigenvalue weighted by Crippen LogP contribution is 2.25. The van der Waals surface area contributed by atoms with Crippen LogP contribution in [0, 0.1) is 0 Å². The van der Waals surface area contributed by atoms with Gasteiger partial charge in [-0.15, -0.1) is 0 Å². The van der Waals surface area contributed by atoms with Crippen molar-refractivity contribution in [3.63, 3.8) is 0 Å². The van der Waals surface area contributed by atoms with Gasteiger partial charge in [-0.25, -0.2) is 4.79 Å². The fourth-order valence-electron chi connectivity index (χ4n) is 4.04. The molecule has 3 aromatic rings. The van der Waals surface area contributed by atoms with Crippen LogP contribution in [0.25, 0.3) is 11.0 Å². The third kappa shape index (κ3) is 4.04. The van der Waals surface area contributed by atoms with Crippen molar-refractivity contribution in [2.45, 2.75) is 18.9 Å². The van der Waals surface area contributed by atoms with Crippen molar-refractivity contribution in [3.05, 3.63) is 69.1 Å². The number of piperidine rings is 1. The van der Waals surface area contributed by atoms with Gasteiger partial charge in [0.25, 0.3) is 5.91 Å². The number of rotatable bonds is 5. The average Bonchev–Trinajstić information content (AvgIpc) is 3.09. The van der Waals surface area contributed by atoms with Gasteiger partial charge in [0.2, 0.25) is 0 Å². The van der Waals surface area contributed by atoms with Crippen molar-refractivity contribution in [1.29, 1.82) is 0 Å². The normalized spacial score (nSPS) is 15.4. The maximum atomic E-state index is 12.6. The SMILES string of the molecule is CNC(=O)c1ccc2c(c1)[nH]c(=O)n2C1CCN(CC(=O)c2ccc(Cl)cc2)CC1. The molecule has 1 aliphatic rings. The Balaban J connectivity index is 1.45. The first-order valence-electron chi connectivity index (χ1n) is 9.93. The molecule has 0 unspecified atom stereocenters. The highest BCUT2D eigenvalue weighted by Gasteiger charge is 2.25. The number of Topliss-reactive ketones (excluding diaryl/α,β-unsaturated/α-hetero) is 1. The number of amides is 1. The summed E-state index contributed by atoms with van der Waals surface area (Å²) < 4.78 is 1.78. The fourth-order valence-corrected chi connectivity index (χ4v) is 4.17. The van der Waals surface area contributed by atoms with Crippen LogP contribution in [0.2, 0.25) is 5.02 Å². The number of imidazole rings is 1. The number of aromatic amines is 1. The number of likely N-dealkylation sites (tertiary alicyclic amines) is 1. The standard InChI is InChI=1S/C22H23ClN4O3/c1-24-21(29)15-4-7-19-18(12-15)25-22(30)27(19)17-8-10-26(11-9-17)13-20(28)14-2-5-16(23)6-3-14/h2-7,12,17H,8-11,13H2,1H3,(H,24,29)(H,25,30). The first kappa shape index (κ1) is 20.4. The molecule has 2 aromatic carbocycles. The van der Waals surface area contributed by atoms with Crippen LogP contribution < -0.4 is 11.0 Å². The molecule has 2 heterocycles. The number of H-pyrrole nitrogens is 1. The first-order chi connectivity index (χ1) is 14.5. The average molecular weight is 427 g/mol. The summed E-state index contributed by atoms with van der Waals surface area (Å²) in [4.78, 5) is 41.9. The number of benzene rings is 2.